The molecule has 3 heterocycles. The van der Waals surface area contributed by atoms with E-state index < -0.39 is 10.0 Å². The molecule has 1 aliphatic heterocycles. The van der Waals surface area contributed by atoms with Crippen LogP contribution < -0.4 is 4.90 Å². The van der Waals surface area contributed by atoms with E-state index in [2.05, 4.69) is 15.3 Å². The second-order valence-corrected chi connectivity index (χ2v) is 8.56. The predicted molar refractivity (Wildman–Crippen MR) is 106 cm³/mol. The summed E-state index contributed by atoms with van der Waals surface area (Å²) >= 11 is 0. The molecule has 148 valence electrons. The number of hydrogen-bond donors (Lipinski definition) is 0. The van der Waals surface area contributed by atoms with Gasteiger partial charge in [-0.2, -0.15) is 14.7 Å². The Labute approximate surface area is 168 Å². The standard InChI is InChI=1S/C19H19N7O2S/c1-15-8-9-26(23-15)19-7-6-18(21-22-19)24-10-12-25(13-11-24)29(27,28)17-5-3-2-4-16(17)14-20/h2-9H,10-13H2,1H3. The molecule has 29 heavy (non-hydrogen) atoms. The second kappa shape index (κ2) is 7.62. The van der Waals surface area contributed by atoms with Crippen LogP contribution in [0.15, 0.2) is 53.6 Å². The quantitative estimate of drug-likeness (QED) is 0.640. The normalized spacial score (nSPS) is 15.2. The number of aryl methyl sites for hydroxylation is 1. The molecule has 1 fully saturated rings. The minimum atomic E-state index is -3.71. The highest BCUT2D eigenvalue weighted by Gasteiger charge is 2.30. The number of aromatic nitrogens is 4. The van der Waals surface area contributed by atoms with E-state index in [0.29, 0.717) is 37.8 Å². The van der Waals surface area contributed by atoms with Crippen LogP contribution in [0.5, 0.6) is 0 Å². The van der Waals surface area contributed by atoms with Gasteiger partial charge in [-0.25, -0.2) is 13.1 Å². The molecule has 0 N–H and O–H groups in total. The maximum absolute atomic E-state index is 12.9. The molecule has 0 aliphatic carbocycles. The molecule has 0 spiro atoms. The molecule has 0 bridgehead atoms. The topological polar surface area (TPSA) is 108 Å². The molecule has 0 amide bonds. The van der Waals surface area contributed by atoms with E-state index in [1.807, 2.05) is 42.3 Å². The smallest absolute Gasteiger partial charge is 0.244 e. The second-order valence-electron chi connectivity index (χ2n) is 6.65. The molecule has 0 atom stereocenters. The Kier molecular flexibility index (Phi) is 5.00. The van der Waals surface area contributed by atoms with E-state index in [0.717, 1.165) is 5.69 Å². The first-order valence-electron chi connectivity index (χ1n) is 9.09. The zero-order chi connectivity index (χ0) is 20.4. The minimum absolute atomic E-state index is 0.0506. The number of rotatable bonds is 4. The Balaban J connectivity index is 1.46. The van der Waals surface area contributed by atoms with Crippen molar-refractivity contribution in [2.24, 2.45) is 0 Å². The Morgan fingerprint density at radius 3 is 2.28 bits per heavy atom. The fraction of sp³-hybridized carbons (Fsp3) is 0.263. The molecule has 0 unspecified atom stereocenters. The lowest BCUT2D eigenvalue weighted by Crippen LogP contribution is -2.49. The lowest BCUT2D eigenvalue weighted by atomic mass is 10.2. The Morgan fingerprint density at radius 1 is 0.966 bits per heavy atom. The maximum atomic E-state index is 12.9. The third-order valence-corrected chi connectivity index (χ3v) is 6.74. The summed E-state index contributed by atoms with van der Waals surface area (Å²) in [6.45, 7) is 3.50. The SMILES string of the molecule is Cc1ccn(-c2ccc(N3CCN(S(=O)(=O)c4ccccc4C#N)CC3)nn2)n1. The van der Waals surface area contributed by atoms with Crippen molar-refractivity contribution >= 4 is 15.8 Å². The number of hydrogen-bond acceptors (Lipinski definition) is 7. The fourth-order valence-corrected chi connectivity index (χ4v) is 4.80. The average molecular weight is 409 g/mol. The number of piperazine rings is 1. The first kappa shape index (κ1) is 19.0. The third kappa shape index (κ3) is 3.70. The zero-order valence-electron chi connectivity index (χ0n) is 15.8. The van der Waals surface area contributed by atoms with Crippen molar-refractivity contribution in [3.05, 3.63) is 59.9 Å². The van der Waals surface area contributed by atoms with Crippen LogP contribution in [0, 0.1) is 18.3 Å². The molecule has 0 saturated carbocycles. The lowest BCUT2D eigenvalue weighted by molar-refractivity contribution is 0.383. The summed E-state index contributed by atoms with van der Waals surface area (Å²) in [4.78, 5) is 2.04. The number of benzene rings is 1. The molecule has 10 heteroatoms. The molecule has 1 aromatic carbocycles. The van der Waals surface area contributed by atoms with Crippen LogP contribution >= 0.6 is 0 Å². The molecule has 0 radical (unpaired) electrons. The van der Waals surface area contributed by atoms with Crippen molar-refractivity contribution in [3.8, 4) is 11.9 Å². The number of nitriles is 1. The van der Waals surface area contributed by atoms with E-state index in [1.165, 1.54) is 16.4 Å². The monoisotopic (exact) mass is 409 g/mol. The van der Waals surface area contributed by atoms with Crippen LogP contribution in [-0.2, 0) is 10.0 Å². The van der Waals surface area contributed by atoms with Gasteiger partial charge in [0, 0.05) is 32.4 Å². The zero-order valence-corrected chi connectivity index (χ0v) is 16.6. The van der Waals surface area contributed by atoms with Gasteiger partial charge in [-0.3, -0.25) is 0 Å². The summed E-state index contributed by atoms with van der Waals surface area (Å²) in [6, 6.07) is 13.8. The average Bonchev–Trinajstić information content (AvgIpc) is 3.20. The minimum Gasteiger partial charge on any atom is -0.352 e. The highest BCUT2D eigenvalue weighted by molar-refractivity contribution is 7.89. The van der Waals surface area contributed by atoms with Gasteiger partial charge in [-0.1, -0.05) is 12.1 Å². The fourth-order valence-electron chi connectivity index (χ4n) is 3.23. The van der Waals surface area contributed by atoms with Crippen molar-refractivity contribution < 1.29 is 8.42 Å². The Bertz CT molecular complexity index is 1160. The summed E-state index contributed by atoms with van der Waals surface area (Å²) in [5, 5.41) is 22.0. The van der Waals surface area contributed by atoms with Gasteiger partial charge in [-0.15, -0.1) is 10.2 Å². The van der Waals surface area contributed by atoms with Crippen molar-refractivity contribution in [2.45, 2.75) is 11.8 Å². The van der Waals surface area contributed by atoms with E-state index in [9.17, 15) is 13.7 Å². The Hall–Kier alpha value is -3.29. The molecule has 4 rings (SSSR count). The molecule has 1 saturated heterocycles. The van der Waals surface area contributed by atoms with Gasteiger partial charge in [0.1, 0.15) is 6.07 Å². The van der Waals surface area contributed by atoms with Gasteiger partial charge in [0.15, 0.2) is 11.6 Å². The van der Waals surface area contributed by atoms with Crippen molar-refractivity contribution in [1.82, 2.24) is 24.3 Å². The van der Waals surface area contributed by atoms with E-state index in [-0.39, 0.29) is 10.5 Å². The summed E-state index contributed by atoms with van der Waals surface area (Å²) in [5.74, 6) is 1.31. The largest absolute Gasteiger partial charge is 0.352 e. The van der Waals surface area contributed by atoms with Crippen molar-refractivity contribution in [1.29, 1.82) is 5.26 Å². The molecule has 2 aromatic heterocycles. The molecular weight excluding hydrogens is 390 g/mol. The lowest BCUT2D eigenvalue weighted by Gasteiger charge is -2.34. The van der Waals surface area contributed by atoms with Crippen LogP contribution in [0.25, 0.3) is 5.82 Å². The van der Waals surface area contributed by atoms with Gasteiger partial charge in [-0.05, 0) is 37.3 Å². The highest BCUT2D eigenvalue weighted by atomic mass is 32.2. The van der Waals surface area contributed by atoms with Gasteiger partial charge >= 0.3 is 0 Å². The van der Waals surface area contributed by atoms with Gasteiger partial charge in [0.2, 0.25) is 10.0 Å². The summed E-state index contributed by atoms with van der Waals surface area (Å²) in [6.07, 6.45) is 1.82. The van der Waals surface area contributed by atoms with E-state index >= 15 is 0 Å². The van der Waals surface area contributed by atoms with Gasteiger partial charge in [0.25, 0.3) is 0 Å². The summed E-state index contributed by atoms with van der Waals surface area (Å²) in [7, 11) is -3.71. The number of nitrogens with zero attached hydrogens (tertiary/aromatic N) is 7. The van der Waals surface area contributed by atoms with Gasteiger partial charge < -0.3 is 4.90 Å². The third-order valence-electron chi connectivity index (χ3n) is 4.78. The number of anilines is 1. The van der Waals surface area contributed by atoms with Crippen molar-refractivity contribution in [2.75, 3.05) is 31.1 Å². The first-order valence-corrected chi connectivity index (χ1v) is 10.5. The predicted octanol–water partition coefficient (Wildman–Crippen LogP) is 1.35. The van der Waals surface area contributed by atoms with E-state index in [4.69, 9.17) is 0 Å². The van der Waals surface area contributed by atoms with Crippen molar-refractivity contribution in [3.63, 3.8) is 0 Å². The first-order chi connectivity index (χ1) is 14.0. The Morgan fingerprint density at radius 2 is 1.66 bits per heavy atom. The molecular formula is C19H19N7O2S. The molecule has 9 nitrogen and oxygen atoms in total. The van der Waals surface area contributed by atoms with Crippen LogP contribution in [0.1, 0.15) is 11.3 Å². The molecule has 1 aliphatic rings. The van der Waals surface area contributed by atoms with Gasteiger partial charge in [0.05, 0.1) is 16.2 Å². The summed E-state index contributed by atoms with van der Waals surface area (Å²) in [5.41, 5.74) is 1.05. The number of sulfonamides is 1. The van der Waals surface area contributed by atoms with E-state index in [1.54, 1.807) is 16.8 Å². The summed E-state index contributed by atoms with van der Waals surface area (Å²) < 4.78 is 28.9. The highest BCUT2D eigenvalue weighted by Crippen LogP contribution is 2.22. The molecule has 3 aromatic rings. The van der Waals surface area contributed by atoms with Crippen LogP contribution in [-0.4, -0.2) is 58.9 Å². The maximum Gasteiger partial charge on any atom is 0.244 e. The van der Waals surface area contributed by atoms with Crippen LogP contribution in [0.2, 0.25) is 0 Å². The van der Waals surface area contributed by atoms with Crippen LogP contribution in [0.3, 0.4) is 0 Å². The van der Waals surface area contributed by atoms with Crippen LogP contribution in [0.4, 0.5) is 5.82 Å².